The first-order valence-corrected chi connectivity index (χ1v) is 10.4. The molecular weight excluding hydrogens is 362 g/mol. The van der Waals surface area contributed by atoms with Crippen molar-refractivity contribution in [2.24, 2.45) is 0 Å². The number of thiophene rings is 1. The molecule has 0 radical (unpaired) electrons. The van der Waals surface area contributed by atoms with E-state index in [0.717, 1.165) is 41.7 Å². The van der Waals surface area contributed by atoms with E-state index in [1.54, 1.807) is 29.3 Å². The van der Waals surface area contributed by atoms with Gasteiger partial charge >= 0.3 is 0 Å². The number of hydrogen-bond donors (Lipinski definition) is 1. The summed E-state index contributed by atoms with van der Waals surface area (Å²) in [5.41, 5.74) is 1.26. The lowest BCUT2D eigenvalue weighted by Gasteiger charge is -2.13. The van der Waals surface area contributed by atoms with Crippen LogP contribution in [0.4, 0.5) is 5.95 Å². The van der Waals surface area contributed by atoms with Crippen LogP contribution in [0.2, 0.25) is 0 Å². The lowest BCUT2D eigenvalue weighted by atomic mass is 10.1. The highest BCUT2D eigenvalue weighted by Crippen LogP contribution is 2.33. The number of fused-ring (bicyclic) bond motifs is 3. The standard InChI is InChI=1S/C20H25N3O3S/c1-25-11-6-10-21-20-22-18-17(15-8-3-2-4-9-16(15)27-18)19(24)23(20)13-14-7-5-12-26-14/h5,7,12H,2-4,6,8-11,13H2,1H3,(H,21,22). The van der Waals surface area contributed by atoms with Gasteiger partial charge in [-0.2, -0.15) is 0 Å². The van der Waals surface area contributed by atoms with Crippen LogP contribution in [0.1, 0.15) is 41.9 Å². The Morgan fingerprint density at radius 3 is 3.04 bits per heavy atom. The number of aromatic nitrogens is 2. The zero-order valence-corrected chi connectivity index (χ0v) is 16.4. The summed E-state index contributed by atoms with van der Waals surface area (Å²) in [5.74, 6) is 1.36. The normalized spacial score (nSPS) is 14.3. The second-order valence-corrected chi connectivity index (χ2v) is 8.01. The van der Waals surface area contributed by atoms with E-state index in [1.165, 1.54) is 23.3 Å². The van der Waals surface area contributed by atoms with Gasteiger partial charge in [0.15, 0.2) is 0 Å². The highest BCUT2D eigenvalue weighted by Gasteiger charge is 2.21. The molecule has 4 rings (SSSR count). The molecule has 0 fully saturated rings. The molecule has 0 spiro atoms. The molecule has 6 nitrogen and oxygen atoms in total. The number of hydrogen-bond acceptors (Lipinski definition) is 6. The number of methoxy groups -OCH3 is 1. The van der Waals surface area contributed by atoms with Crippen LogP contribution in [-0.2, 0) is 24.1 Å². The number of aryl methyl sites for hydroxylation is 2. The fraction of sp³-hybridized carbons (Fsp3) is 0.500. The Bertz CT molecular complexity index is 959. The van der Waals surface area contributed by atoms with E-state index in [1.807, 2.05) is 12.1 Å². The van der Waals surface area contributed by atoms with Crippen LogP contribution in [-0.4, -0.2) is 29.8 Å². The van der Waals surface area contributed by atoms with E-state index < -0.39 is 0 Å². The monoisotopic (exact) mass is 387 g/mol. The maximum Gasteiger partial charge on any atom is 0.264 e. The number of nitrogens with one attached hydrogen (secondary N) is 1. The average molecular weight is 388 g/mol. The van der Waals surface area contributed by atoms with Gasteiger partial charge in [0.1, 0.15) is 10.6 Å². The van der Waals surface area contributed by atoms with Gasteiger partial charge in [-0.25, -0.2) is 4.98 Å². The quantitative estimate of drug-likeness (QED) is 0.493. The molecule has 0 aliphatic heterocycles. The summed E-state index contributed by atoms with van der Waals surface area (Å²) < 4.78 is 12.3. The SMILES string of the molecule is COCCCNc1nc2sc3c(c2c(=O)n1Cc1ccco1)CCCCC3. The third kappa shape index (κ3) is 3.80. The van der Waals surface area contributed by atoms with Crippen LogP contribution in [0.3, 0.4) is 0 Å². The van der Waals surface area contributed by atoms with Gasteiger partial charge in [0.2, 0.25) is 5.95 Å². The van der Waals surface area contributed by atoms with Crippen molar-refractivity contribution in [3.05, 3.63) is 45.0 Å². The summed E-state index contributed by atoms with van der Waals surface area (Å²) in [6, 6.07) is 3.73. The highest BCUT2D eigenvalue weighted by atomic mass is 32.1. The molecule has 0 saturated heterocycles. The Labute approximate surface area is 162 Å². The minimum Gasteiger partial charge on any atom is -0.467 e. The summed E-state index contributed by atoms with van der Waals surface area (Å²) in [5, 5.41) is 4.13. The summed E-state index contributed by atoms with van der Waals surface area (Å²) in [7, 11) is 1.69. The van der Waals surface area contributed by atoms with Crippen LogP contribution in [0.5, 0.6) is 0 Å². The second kappa shape index (κ2) is 8.27. The molecule has 27 heavy (non-hydrogen) atoms. The predicted octanol–water partition coefficient (Wildman–Crippen LogP) is 3.82. The van der Waals surface area contributed by atoms with E-state index in [9.17, 15) is 4.79 Å². The van der Waals surface area contributed by atoms with E-state index in [-0.39, 0.29) is 5.56 Å². The number of furan rings is 1. The van der Waals surface area contributed by atoms with Gasteiger partial charge in [-0.1, -0.05) is 6.42 Å². The smallest absolute Gasteiger partial charge is 0.264 e. The lowest BCUT2D eigenvalue weighted by Crippen LogP contribution is -2.26. The van der Waals surface area contributed by atoms with Gasteiger partial charge < -0.3 is 14.5 Å². The molecule has 0 unspecified atom stereocenters. The Morgan fingerprint density at radius 1 is 1.33 bits per heavy atom. The van der Waals surface area contributed by atoms with Crippen molar-refractivity contribution < 1.29 is 9.15 Å². The van der Waals surface area contributed by atoms with Crippen LogP contribution in [0.15, 0.2) is 27.6 Å². The van der Waals surface area contributed by atoms with Crippen LogP contribution < -0.4 is 10.9 Å². The van der Waals surface area contributed by atoms with Gasteiger partial charge in [0, 0.05) is 25.1 Å². The molecule has 3 heterocycles. The molecule has 0 bridgehead atoms. The molecule has 0 saturated carbocycles. The Balaban J connectivity index is 1.78. The number of anilines is 1. The predicted molar refractivity (Wildman–Crippen MR) is 108 cm³/mol. The molecule has 1 aliphatic carbocycles. The van der Waals surface area contributed by atoms with Gasteiger partial charge in [-0.05, 0) is 49.8 Å². The second-order valence-electron chi connectivity index (χ2n) is 6.92. The van der Waals surface area contributed by atoms with Crippen molar-refractivity contribution in [3.63, 3.8) is 0 Å². The van der Waals surface area contributed by atoms with Gasteiger partial charge in [-0.3, -0.25) is 9.36 Å². The van der Waals surface area contributed by atoms with Crippen molar-refractivity contribution in [3.8, 4) is 0 Å². The highest BCUT2D eigenvalue weighted by molar-refractivity contribution is 7.18. The third-order valence-electron chi connectivity index (χ3n) is 5.03. The van der Waals surface area contributed by atoms with Crippen LogP contribution in [0.25, 0.3) is 10.2 Å². The van der Waals surface area contributed by atoms with Gasteiger partial charge in [0.05, 0.1) is 18.2 Å². The summed E-state index contributed by atoms with van der Waals surface area (Å²) >= 11 is 1.69. The fourth-order valence-corrected chi connectivity index (χ4v) is 4.92. The maximum atomic E-state index is 13.4. The molecule has 1 aliphatic rings. The zero-order chi connectivity index (χ0) is 18.6. The third-order valence-corrected chi connectivity index (χ3v) is 6.21. The van der Waals surface area contributed by atoms with Crippen LogP contribution in [0, 0.1) is 0 Å². The Morgan fingerprint density at radius 2 is 2.22 bits per heavy atom. The fourth-order valence-electron chi connectivity index (χ4n) is 3.67. The molecular formula is C20H25N3O3S. The van der Waals surface area contributed by atoms with Crippen LogP contribution >= 0.6 is 11.3 Å². The Hall–Kier alpha value is -2.12. The lowest BCUT2D eigenvalue weighted by molar-refractivity contribution is 0.197. The molecule has 0 atom stereocenters. The van der Waals surface area contributed by atoms with Crippen molar-refractivity contribution in [1.82, 2.24) is 9.55 Å². The summed E-state index contributed by atoms with van der Waals surface area (Å²) in [6.07, 6.45) is 8.10. The summed E-state index contributed by atoms with van der Waals surface area (Å²) in [4.78, 5) is 20.5. The first-order chi connectivity index (χ1) is 13.3. The van der Waals surface area contributed by atoms with Crippen molar-refractivity contribution in [1.29, 1.82) is 0 Å². The minimum atomic E-state index is 0.0324. The molecule has 3 aromatic heterocycles. The first-order valence-electron chi connectivity index (χ1n) is 9.58. The van der Waals surface area contributed by atoms with Gasteiger partial charge in [-0.15, -0.1) is 11.3 Å². The number of rotatable bonds is 7. The van der Waals surface area contributed by atoms with E-state index >= 15 is 0 Å². The van der Waals surface area contributed by atoms with Gasteiger partial charge in [0.25, 0.3) is 5.56 Å². The maximum absolute atomic E-state index is 13.4. The Kier molecular flexibility index (Phi) is 5.59. The zero-order valence-electron chi connectivity index (χ0n) is 15.6. The van der Waals surface area contributed by atoms with Crippen molar-refractivity contribution >= 4 is 27.5 Å². The topological polar surface area (TPSA) is 69.3 Å². The molecule has 3 aromatic rings. The minimum absolute atomic E-state index is 0.0324. The number of ether oxygens (including phenoxy) is 1. The molecule has 0 aromatic carbocycles. The molecule has 0 amide bonds. The summed E-state index contributed by atoms with van der Waals surface area (Å²) in [6.45, 7) is 1.76. The van der Waals surface area contributed by atoms with Crippen molar-refractivity contribution in [2.45, 2.75) is 45.1 Å². The number of nitrogens with zero attached hydrogens (tertiary/aromatic N) is 2. The largest absolute Gasteiger partial charge is 0.467 e. The molecule has 144 valence electrons. The van der Waals surface area contributed by atoms with E-state index in [2.05, 4.69) is 5.32 Å². The molecule has 1 N–H and O–H groups in total. The van der Waals surface area contributed by atoms with E-state index in [0.29, 0.717) is 25.6 Å². The van der Waals surface area contributed by atoms with Crippen molar-refractivity contribution in [2.75, 3.05) is 25.6 Å². The van der Waals surface area contributed by atoms with E-state index in [4.69, 9.17) is 14.1 Å². The average Bonchev–Trinajstić information content (AvgIpc) is 3.24. The first kappa shape index (κ1) is 18.3. The molecule has 7 heteroatoms.